The molecule has 0 aromatic heterocycles. The molecule has 0 saturated carbocycles. The molecule has 2 heterocycles. The van der Waals surface area contributed by atoms with Gasteiger partial charge in [-0.1, -0.05) is 70.5 Å². The molecule has 0 bridgehead atoms. The fourth-order valence-corrected chi connectivity index (χ4v) is 6.14. The van der Waals surface area contributed by atoms with Crippen molar-refractivity contribution in [1.29, 1.82) is 0 Å². The summed E-state index contributed by atoms with van der Waals surface area (Å²) in [7, 11) is 3.69. The Morgan fingerprint density at radius 3 is 2.19 bits per heavy atom. The van der Waals surface area contributed by atoms with E-state index in [0.29, 0.717) is 18.5 Å². The Morgan fingerprint density at radius 2 is 1.58 bits per heavy atom. The molecule has 5 atom stereocenters. The Labute approximate surface area is 258 Å². The molecule has 1 aromatic rings. The molecule has 0 aliphatic carbocycles. The molecule has 0 radical (unpaired) electrons. The Bertz CT molecular complexity index is 1150. The van der Waals surface area contributed by atoms with Gasteiger partial charge in [-0.25, -0.2) is 4.79 Å². The van der Waals surface area contributed by atoms with Gasteiger partial charge in [0.05, 0.1) is 12.1 Å². The number of rotatable bonds is 11. The van der Waals surface area contributed by atoms with Crippen LogP contribution < -0.4 is 5.32 Å². The molecular formula is C34H52N4O5. The molecule has 1 unspecified atom stereocenters. The second-order valence-electron chi connectivity index (χ2n) is 12.9. The van der Waals surface area contributed by atoms with Crippen molar-refractivity contribution < 1.29 is 23.9 Å². The first-order chi connectivity index (χ1) is 20.3. The van der Waals surface area contributed by atoms with Crippen LogP contribution in [0.15, 0.2) is 42.0 Å². The lowest BCUT2D eigenvalue weighted by Gasteiger charge is -2.36. The lowest BCUT2D eigenvalue weighted by Crippen LogP contribution is -2.57. The minimum absolute atomic E-state index is 0.00996. The van der Waals surface area contributed by atoms with Crippen molar-refractivity contribution in [2.75, 3.05) is 27.2 Å². The summed E-state index contributed by atoms with van der Waals surface area (Å²) in [4.78, 5) is 59.1. The lowest BCUT2D eigenvalue weighted by atomic mass is 9.96. The first-order valence-electron chi connectivity index (χ1n) is 15.9. The standard InChI is InChI=1S/C34H52N4O5/c1-22(2)29(37(8)33(41)30(23(3)4)35-31(39)27-17-12-13-19-36(27)7)21-24(5)32(40)38-20-14-18-28(38)34(42)43-25(6)26-15-10-9-11-16-26/h9-11,15-16,21-23,25,27-30H,12-14,17-20H2,1-8H3,(H,35,39)/b24-21+/t25-,27-,28?,29-,30+/m1/s1. The predicted molar refractivity (Wildman–Crippen MR) is 168 cm³/mol. The maximum Gasteiger partial charge on any atom is 0.329 e. The molecule has 1 aromatic carbocycles. The van der Waals surface area contributed by atoms with Gasteiger partial charge in [0.15, 0.2) is 0 Å². The predicted octanol–water partition coefficient (Wildman–Crippen LogP) is 4.34. The fourth-order valence-electron chi connectivity index (χ4n) is 6.14. The Balaban J connectivity index is 1.72. The monoisotopic (exact) mass is 596 g/mol. The number of nitrogens with one attached hydrogen (secondary N) is 1. The molecule has 43 heavy (non-hydrogen) atoms. The van der Waals surface area contributed by atoms with Crippen LogP contribution in [0, 0.1) is 11.8 Å². The number of amides is 3. The zero-order valence-corrected chi connectivity index (χ0v) is 27.3. The van der Waals surface area contributed by atoms with Crippen molar-refractivity contribution in [3.8, 4) is 0 Å². The van der Waals surface area contributed by atoms with E-state index in [1.165, 1.54) is 0 Å². The molecule has 3 rings (SSSR count). The van der Waals surface area contributed by atoms with E-state index < -0.39 is 24.2 Å². The van der Waals surface area contributed by atoms with Crippen LogP contribution in [0.3, 0.4) is 0 Å². The highest BCUT2D eigenvalue weighted by Crippen LogP contribution is 2.26. The average Bonchev–Trinajstić information content (AvgIpc) is 3.48. The number of ether oxygens (including phenoxy) is 1. The molecule has 9 nitrogen and oxygen atoms in total. The second-order valence-corrected chi connectivity index (χ2v) is 12.9. The van der Waals surface area contributed by atoms with Gasteiger partial charge in [0.1, 0.15) is 18.2 Å². The number of nitrogens with zero attached hydrogens (tertiary/aromatic N) is 3. The van der Waals surface area contributed by atoms with E-state index in [1.807, 2.05) is 78.1 Å². The molecule has 2 fully saturated rings. The van der Waals surface area contributed by atoms with E-state index >= 15 is 0 Å². The van der Waals surface area contributed by atoms with Gasteiger partial charge < -0.3 is 19.9 Å². The fraction of sp³-hybridized carbons (Fsp3) is 0.647. The van der Waals surface area contributed by atoms with Crippen molar-refractivity contribution in [2.24, 2.45) is 11.8 Å². The third-order valence-electron chi connectivity index (χ3n) is 8.89. The van der Waals surface area contributed by atoms with E-state index in [9.17, 15) is 19.2 Å². The van der Waals surface area contributed by atoms with Gasteiger partial charge in [-0.05, 0) is 70.5 Å². The van der Waals surface area contributed by atoms with Crippen LogP contribution in [-0.2, 0) is 23.9 Å². The van der Waals surface area contributed by atoms with Crippen molar-refractivity contribution in [3.05, 3.63) is 47.5 Å². The van der Waals surface area contributed by atoms with E-state index in [0.717, 1.165) is 37.8 Å². The van der Waals surface area contributed by atoms with Crippen molar-refractivity contribution in [1.82, 2.24) is 20.0 Å². The Kier molecular flexibility index (Phi) is 12.4. The van der Waals surface area contributed by atoms with Crippen LogP contribution in [-0.4, -0.2) is 89.7 Å². The molecule has 0 spiro atoms. The number of esters is 1. The molecule has 238 valence electrons. The highest BCUT2D eigenvalue weighted by molar-refractivity contribution is 5.96. The van der Waals surface area contributed by atoms with E-state index in [2.05, 4.69) is 10.2 Å². The number of piperidine rings is 1. The van der Waals surface area contributed by atoms with E-state index in [1.54, 1.807) is 23.8 Å². The smallest absolute Gasteiger partial charge is 0.329 e. The van der Waals surface area contributed by atoms with Crippen LogP contribution in [0.1, 0.15) is 85.3 Å². The van der Waals surface area contributed by atoms with Crippen LogP contribution in [0.4, 0.5) is 0 Å². The summed E-state index contributed by atoms with van der Waals surface area (Å²) >= 11 is 0. The van der Waals surface area contributed by atoms with Crippen LogP contribution >= 0.6 is 0 Å². The molecule has 2 aliphatic heterocycles. The number of likely N-dealkylation sites (N-methyl/N-ethyl adjacent to an activating group) is 2. The van der Waals surface area contributed by atoms with Gasteiger partial charge in [0, 0.05) is 19.2 Å². The molecular weight excluding hydrogens is 544 g/mol. The van der Waals surface area contributed by atoms with Crippen LogP contribution in [0.2, 0.25) is 0 Å². The Hall–Kier alpha value is -3.20. The minimum atomic E-state index is -0.678. The van der Waals surface area contributed by atoms with Crippen LogP contribution in [0.25, 0.3) is 0 Å². The summed E-state index contributed by atoms with van der Waals surface area (Å²) in [5.41, 5.74) is 1.38. The summed E-state index contributed by atoms with van der Waals surface area (Å²) in [5, 5.41) is 3.04. The van der Waals surface area contributed by atoms with Gasteiger partial charge in [0.25, 0.3) is 0 Å². The number of likely N-dealkylation sites (tertiary alicyclic amines) is 2. The van der Waals surface area contributed by atoms with Gasteiger partial charge in [-0.3, -0.25) is 19.3 Å². The molecule has 9 heteroatoms. The summed E-state index contributed by atoms with van der Waals surface area (Å²) < 4.78 is 5.76. The van der Waals surface area contributed by atoms with Gasteiger partial charge >= 0.3 is 5.97 Å². The van der Waals surface area contributed by atoms with Gasteiger partial charge in [-0.2, -0.15) is 0 Å². The second kappa shape index (κ2) is 15.5. The minimum Gasteiger partial charge on any atom is -0.456 e. The maximum absolute atomic E-state index is 13.8. The van der Waals surface area contributed by atoms with E-state index in [4.69, 9.17) is 4.74 Å². The Morgan fingerprint density at radius 1 is 0.930 bits per heavy atom. The number of hydrogen-bond donors (Lipinski definition) is 1. The lowest BCUT2D eigenvalue weighted by molar-refractivity contribution is -0.156. The van der Waals surface area contributed by atoms with E-state index in [-0.39, 0.29) is 41.6 Å². The third-order valence-corrected chi connectivity index (χ3v) is 8.89. The zero-order chi connectivity index (χ0) is 31.8. The summed E-state index contributed by atoms with van der Waals surface area (Å²) in [6.45, 7) is 12.8. The SMILES string of the molecule is C/C(=C\[C@H](C(C)C)N(C)C(=O)[C@@H](NC(=O)[C@H]1CCCCN1C)C(C)C)C(=O)N1CCCC1C(=O)O[C@H](C)c1ccccc1. The topological polar surface area (TPSA) is 99.3 Å². The quantitative estimate of drug-likeness (QED) is 0.302. The summed E-state index contributed by atoms with van der Waals surface area (Å²) in [6, 6.07) is 7.61. The third kappa shape index (κ3) is 8.68. The average molecular weight is 597 g/mol. The highest BCUT2D eigenvalue weighted by Gasteiger charge is 2.38. The number of benzene rings is 1. The van der Waals surface area contributed by atoms with Crippen molar-refractivity contribution in [2.45, 2.75) is 104 Å². The molecule has 2 saturated heterocycles. The molecule has 2 aliphatic rings. The maximum atomic E-state index is 13.8. The molecule has 3 amide bonds. The van der Waals surface area contributed by atoms with Crippen molar-refractivity contribution in [3.63, 3.8) is 0 Å². The normalized spacial score (nSPS) is 21.8. The molecule has 1 N–H and O–H groups in total. The van der Waals surface area contributed by atoms with Crippen LogP contribution in [0.5, 0.6) is 0 Å². The van der Waals surface area contributed by atoms with Crippen molar-refractivity contribution >= 4 is 23.7 Å². The number of carbonyl (C=O) groups excluding carboxylic acids is 4. The first kappa shape index (κ1) is 34.3. The highest BCUT2D eigenvalue weighted by atomic mass is 16.5. The number of carbonyl (C=O) groups is 4. The summed E-state index contributed by atoms with van der Waals surface area (Å²) in [5.74, 6) is -1.03. The summed E-state index contributed by atoms with van der Waals surface area (Å²) in [6.07, 6.45) is 5.53. The number of hydrogen-bond acceptors (Lipinski definition) is 6. The van der Waals surface area contributed by atoms with Gasteiger partial charge in [-0.15, -0.1) is 0 Å². The largest absolute Gasteiger partial charge is 0.456 e. The first-order valence-corrected chi connectivity index (χ1v) is 15.9. The zero-order valence-electron chi connectivity index (χ0n) is 27.3. The van der Waals surface area contributed by atoms with Gasteiger partial charge in [0.2, 0.25) is 17.7 Å².